The molecule has 144 valence electrons. The first-order valence-electron chi connectivity index (χ1n) is 8.39. The first kappa shape index (κ1) is 18.9. The van der Waals surface area contributed by atoms with Crippen molar-refractivity contribution in [2.75, 3.05) is 17.7 Å². The topological polar surface area (TPSA) is 93.5 Å². The van der Waals surface area contributed by atoms with Crippen LogP contribution in [0.5, 0.6) is 5.75 Å². The summed E-state index contributed by atoms with van der Waals surface area (Å²) in [4.78, 5) is 0.199. The maximum Gasteiger partial charge on any atom is 0.285 e. The SMILES string of the molecule is Cc1ccccc1OCCSc1nnc(NC2=NS(=O)(=O)c3ccccc32)s1. The first-order valence-corrected chi connectivity index (χ1v) is 11.6. The number of ether oxygens (including phenoxy) is 1. The molecular formula is C18H16N4O3S3. The summed E-state index contributed by atoms with van der Waals surface area (Å²) in [5, 5.41) is 11.7. The molecule has 0 radical (unpaired) electrons. The van der Waals surface area contributed by atoms with Crippen LogP contribution in [0.4, 0.5) is 5.13 Å². The van der Waals surface area contributed by atoms with E-state index in [2.05, 4.69) is 19.9 Å². The van der Waals surface area contributed by atoms with Gasteiger partial charge in [-0.05, 0) is 30.7 Å². The second-order valence-corrected chi connectivity index (χ2v) is 9.76. The van der Waals surface area contributed by atoms with Crippen LogP contribution in [0.3, 0.4) is 0 Å². The maximum absolute atomic E-state index is 12.1. The Hall–Kier alpha value is -2.43. The van der Waals surface area contributed by atoms with E-state index in [4.69, 9.17) is 4.74 Å². The lowest BCUT2D eigenvalue weighted by molar-refractivity contribution is 0.341. The van der Waals surface area contributed by atoms with E-state index >= 15 is 0 Å². The number of nitrogens with one attached hydrogen (secondary N) is 1. The number of nitrogens with zero attached hydrogens (tertiary/aromatic N) is 3. The van der Waals surface area contributed by atoms with Crippen LogP contribution < -0.4 is 10.1 Å². The molecule has 0 saturated carbocycles. The van der Waals surface area contributed by atoms with E-state index < -0.39 is 10.0 Å². The monoisotopic (exact) mass is 432 g/mol. The number of aromatic nitrogens is 2. The van der Waals surface area contributed by atoms with E-state index in [-0.39, 0.29) is 10.7 Å². The van der Waals surface area contributed by atoms with Gasteiger partial charge in [-0.15, -0.1) is 14.6 Å². The van der Waals surface area contributed by atoms with E-state index in [1.807, 2.05) is 31.2 Å². The van der Waals surface area contributed by atoms with Crippen LogP contribution in [0.2, 0.25) is 0 Å². The van der Waals surface area contributed by atoms with Gasteiger partial charge < -0.3 is 10.1 Å². The fourth-order valence-corrected chi connectivity index (χ4v) is 5.43. The summed E-state index contributed by atoms with van der Waals surface area (Å²) in [6.45, 7) is 2.56. The van der Waals surface area contributed by atoms with E-state index in [1.54, 1.807) is 24.3 Å². The van der Waals surface area contributed by atoms with Crippen LogP contribution in [0.1, 0.15) is 11.1 Å². The fraction of sp³-hybridized carbons (Fsp3) is 0.167. The number of aryl methyl sites for hydroxylation is 1. The Labute approximate surface area is 170 Å². The van der Waals surface area contributed by atoms with Crippen LogP contribution in [0.15, 0.2) is 62.2 Å². The molecule has 1 N–H and O–H groups in total. The zero-order chi connectivity index (χ0) is 19.6. The van der Waals surface area contributed by atoms with E-state index in [0.717, 1.165) is 21.4 Å². The molecule has 1 aliphatic heterocycles. The Balaban J connectivity index is 1.35. The Kier molecular flexibility index (Phi) is 5.33. The number of amidine groups is 1. The molecule has 0 amide bonds. The van der Waals surface area contributed by atoms with Gasteiger partial charge in [0.2, 0.25) is 5.13 Å². The van der Waals surface area contributed by atoms with Crippen LogP contribution in [-0.4, -0.2) is 36.8 Å². The maximum atomic E-state index is 12.1. The predicted molar refractivity (Wildman–Crippen MR) is 111 cm³/mol. The van der Waals surface area contributed by atoms with Crippen molar-refractivity contribution in [1.29, 1.82) is 0 Å². The molecule has 28 heavy (non-hydrogen) atoms. The van der Waals surface area contributed by atoms with Gasteiger partial charge in [-0.3, -0.25) is 0 Å². The lowest BCUT2D eigenvalue weighted by Crippen LogP contribution is -2.10. The molecule has 0 aliphatic carbocycles. The number of fused-ring (bicyclic) bond motifs is 1. The first-order chi connectivity index (χ1) is 13.5. The van der Waals surface area contributed by atoms with Crippen molar-refractivity contribution < 1.29 is 13.2 Å². The second kappa shape index (κ2) is 7.90. The summed E-state index contributed by atoms with van der Waals surface area (Å²) in [5.74, 6) is 1.87. The highest BCUT2D eigenvalue weighted by Crippen LogP contribution is 2.29. The summed E-state index contributed by atoms with van der Waals surface area (Å²) in [7, 11) is -3.66. The highest BCUT2D eigenvalue weighted by atomic mass is 32.2. The number of benzene rings is 2. The van der Waals surface area contributed by atoms with Gasteiger partial charge in [-0.25, -0.2) is 0 Å². The third kappa shape index (κ3) is 4.03. The zero-order valence-electron chi connectivity index (χ0n) is 14.8. The Morgan fingerprint density at radius 2 is 1.89 bits per heavy atom. The summed E-state index contributed by atoms with van der Waals surface area (Å²) in [6.07, 6.45) is 0. The van der Waals surface area contributed by atoms with Crippen molar-refractivity contribution in [2.24, 2.45) is 4.40 Å². The van der Waals surface area contributed by atoms with Crippen LogP contribution in [0, 0.1) is 6.92 Å². The summed E-state index contributed by atoms with van der Waals surface area (Å²) in [5.41, 5.74) is 1.64. The van der Waals surface area contributed by atoms with Crippen molar-refractivity contribution in [1.82, 2.24) is 10.2 Å². The summed E-state index contributed by atoms with van der Waals surface area (Å²) >= 11 is 2.87. The van der Waals surface area contributed by atoms with Crippen molar-refractivity contribution >= 4 is 44.1 Å². The second-order valence-electron chi connectivity index (χ2n) is 5.87. The molecule has 0 fully saturated rings. The number of rotatable bonds is 6. The number of hydrogen-bond donors (Lipinski definition) is 1. The minimum atomic E-state index is -3.66. The minimum absolute atomic E-state index is 0.199. The lowest BCUT2D eigenvalue weighted by atomic mass is 10.2. The third-order valence-electron chi connectivity index (χ3n) is 3.92. The number of sulfonamides is 1. The summed E-state index contributed by atoms with van der Waals surface area (Å²) in [6, 6.07) is 14.6. The average molecular weight is 433 g/mol. The van der Waals surface area contributed by atoms with Gasteiger partial charge in [0.15, 0.2) is 10.2 Å². The van der Waals surface area contributed by atoms with Crippen molar-refractivity contribution in [3.05, 3.63) is 59.7 Å². The molecule has 1 aliphatic rings. The number of para-hydroxylation sites is 1. The Bertz CT molecular complexity index is 1140. The zero-order valence-corrected chi connectivity index (χ0v) is 17.3. The molecule has 7 nitrogen and oxygen atoms in total. The molecule has 2 heterocycles. The molecule has 0 spiro atoms. The number of hydrogen-bond acceptors (Lipinski definition) is 8. The van der Waals surface area contributed by atoms with Crippen LogP contribution in [-0.2, 0) is 10.0 Å². The van der Waals surface area contributed by atoms with Gasteiger partial charge in [-0.1, -0.05) is 53.4 Å². The van der Waals surface area contributed by atoms with Gasteiger partial charge in [0.05, 0.1) is 6.61 Å². The smallest absolute Gasteiger partial charge is 0.285 e. The highest BCUT2D eigenvalue weighted by Gasteiger charge is 2.28. The molecule has 3 aromatic rings. The standard InChI is InChI=1S/C18H16N4O3S3/c1-12-6-2-4-8-14(12)25-10-11-26-18-21-20-17(27-18)19-16-13-7-3-5-9-15(13)28(23,24)22-16/h2-9H,10-11H2,1H3,(H,19,20,22). The van der Waals surface area contributed by atoms with Gasteiger partial charge in [0, 0.05) is 11.3 Å². The van der Waals surface area contributed by atoms with Crippen molar-refractivity contribution in [3.63, 3.8) is 0 Å². The van der Waals surface area contributed by atoms with Crippen LogP contribution >= 0.6 is 23.1 Å². The lowest BCUT2D eigenvalue weighted by Gasteiger charge is -2.07. The van der Waals surface area contributed by atoms with E-state index in [9.17, 15) is 8.42 Å². The van der Waals surface area contributed by atoms with Crippen molar-refractivity contribution in [2.45, 2.75) is 16.2 Å². The normalized spacial score (nSPS) is 14.4. The molecule has 0 unspecified atom stereocenters. The third-order valence-corrected chi connectivity index (χ3v) is 7.19. The molecule has 1 aromatic heterocycles. The molecule has 2 aromatic carbocycles. The van der Waals surface area contributed by atoms with Gasteiger partial charge in [0.25, 0.3) is 10.0 Å². The number of thioether (sulfide) groups is 1. The molecular weight excluding hydrogens is 416 g/mol. The highest BCUT2D eigenvalue weighted by molar-refractivity contribution is 8.01. The molecule has 4 rings (SSSR count). The van der Waals surface area contributed by atoms with Gasteiger partial charge >= 0.3 is 0 Å². The largest absolute Gasteiger partial charge is 0.492 e. The average Bonchev–Trinajstić information content (AvgIpc) is 3.23. The molecule has 0 atom stereocenters. The molecule has 0 bridgehead atoms. The Morgan fingerprint density at radius 3 is 2.75 bits per heavy atom. The fourth-order valence-electron chi connectivity index (χ4n) is 2.61. The Morgan fingerprint density at radius 1 is 1.11 bits per heavy atom. The van der Waals surface area contributed by atoms with E-state index in [1.165, 1.54) is 23.1 Å². The molecule has 10 heteroatoms. The van der Waals surface area contributed by atoms with Crippen molar-refractivity contribution in [3.8, 4) is 5.75 Å². The predicted octanol–water partition coefficient (Wildman–Crippen LogP) is 3.58. The van der Waals surface area contributed by atoms with Crippen LogP contribution in [0.25, 0.3) is 0 Å². The summed E-state index contributed by atoms with van der Waals surface area (Å²) < 4.78 is 34.5. The van der Waals surface area contributed by atoms with Gasteiger partial charge in [0.1, 0.15) is 10.6 Å². The quantitative estimate of drug-likeness (QED) is 0.470. The number of anilines is 1. The van der Waals surface area contributed by atoms with E-state index in [0.29, 0.717) is 17.3 Å². The minimum Gasteiger partial charge on any atom is -0.492 e. The molecule has 0 saturated heterocycles. The van der Waals surface area contributed by atoms with Gasteiger partial charge in [-0.2, -0.15) is 8.42 Å².